The molecule has 33 heavy (non-hydrogen) atoms. The molecule has 0 aliphatic heterocycles. The molecule has 5 rings (SSSR count). The quantitative estimate of drug-likeness (QED) is 0.147. The van der Waals surface area contributed by atoms with Gasteiger partial charge in [0.25, 0.3) is 0 Å². The molecule has 4 nitrogen and oxygen atoms in total. The first-order chi connectivity index (χ1) is 15.9. The van der Waals surface area contributed by atoms with Gasteiger partial charge in [-0.2, -0.15) is 0 Å². The van der Waals surface area contributed by atoms with Crippen LogP contribution in [0, 0.1) is 12.3 Å². The maximum Gasteiger partial charge on any atom is 0.159 e. The highest BCUT2D eigenvalue weighted by Gasteiger charge is 2.18. The summed E-state index contributed by atoms with van der Waals surface area (Å²) >= 11 is 1.82. The number of allylic oxidation sites excluding steroid dienone is 3. The van der Waals surface area contributed by atoms with E-state index in [0.29, 0.717) is 0 Å². The number of hydrogen-bond acceptors (Lipinski definition) is 4. The molecule has 3 N–H and O–H groups in total. The Balaban J connectivity index is 0.000000390. The topological polar surface area (TPSA) is 75.7 Å². The molecule has 0 spiro atoms. The van der Waals surface area contributed by atoms with E-state index in [9.17, 15) is 0 Å². The van der Waals surface area contributed by atoms with Crippen LogP contribution in [-0.4, -0.2) is 15.8 Å². The van der Waals surface area contributed by atoms with Crippen LogP contribution >= 0.6 is 11.3 Å². The van der Waals surface area contributed by atoms with E-state index < -0.39 is 0 Å². The summed E-state index contributed by atoms with van der Waals surface area (Å²) in [6.45, 7) is 8.81. The average molecular weight is 453 g/mol. The van der Waals surface area contributed by atoms with E-state index in [1.165, 1.54) is 27.8 Å². The van der Waals surface area contributed by atoms with E-state index in [-0.39, 0.29) is 11.8 Å². The number of nitrogens with two attached hydrogens (primary N) is 1. The largest absolute Gasteiger partial charge is 0.388 e. The van der Waals surface area contributed by atoms with Crippen LogP contribution in [0.15, 0.2) is 66.9 Å². The Hall–Kier alpha value is -3.79. The number of rotatable bonds is 2. The maximum atomic E-state index is 6.28. The second-order valence-corrected chi connectivity index (χ2v) is 8.66. The van der Waals surface area contributed by atoms with Crippen molar-refractivity contribution >= 4 is 41.5 Å². The fraction of sp³-hybridized carbons (Fsp3) is 0.143. The smallest absolute Gasteiger partial charge is 0.159 e. The third-order valence-electron chi connectivity index (χ3n) is 4.66. The molecular formula is C28H28N4S. The summed E-state index contributed by atoms with van der Waals surface area (Å²) in [6.07, 6.45) is 14.8. The molecule has 1 aromatic carbocycles. The van der Waals surface area contributed by atoms with Crippen LogP contribution < -0.4 is 5.73 Å². The van der Waals surface area contributed by atoms with Gasteiger partial charge in [-0.05, 0) is 45.1 Å². The third-order valence-corrected chi connectivity index (χ3v) is 5.79. The molecule has 1 atom stereocenters. The summed E-state index contributed by atoms with van der Waals surface area (Å²) in [5.41, 5.74) is 13.5. The molecule has 0 radical (unpaired) electrons. The Kier molecular flexibility index (Phi) is 8.09. The maximum absolute atomic E-state index is 6.28. The molecule has 0 bridgehead atoms. The van der Waals surface area contributed by atoms with Gasteiger partial charge in [-0.3, -0.25) is 5.41 Å². The molecule has 3 aromatic rings. The Morgan fingerprint density at radius 1 is 1.09 bits per heavy atom. The van der Waals surface area contributed by atoms with Gasteiger partial charge in [-0.1, -0.05) is 54.6 Å². The number of benzene rings is 1. The zero-order chi connectivity index (χ0) is 23.8. The van der Waals surface area contributed by atoms with Crippen LogP contribution in [0.2, 0.25) is 0 Å². The van der Waals surface area contributed by atoms with Crippen molar-refractivity contribution in [3.8, 4) is 11.4 Å². The number of aromatic nitrogens is 2. The molecular weight excluding hydrogens is 424 g/mol. The molecule has 2 aliphatic rings. The first kappa shape index (κ1) is 23.9. The predicted molar refractivity (Wildman–Crippen MR) is 143 cm³/mol. The molecule has 0 fully saturated rings. The minimum absolute atomic E-state index is 0.146. The number of amidine groups is 1. The molecule has 2 aliphatic carbocycles. The Bertz CT molecular complexity index is 1270. The second-order valence-electron chi connectivity index (χ2n) is 7.57. The van der Waals surface area contributed by atoms with Crippen LogP contribution in [0.1, 0.15) is 52.0 Å². The van der Waals surface area contributed by atoms with Gasteiger partial charge in [0.05, 0.1) is 11.5 Å². The predicted octanol–water partition coefficient (Wildman–Crippen LogP) is 7.11. The van der Waals surface area contributed by atoms with Crippen molar-refractivity contribution in [2.75, 3.05) is 0 Å². The molecule has 5 heteroatoms. The van der Waals surface area contributed by atoms with Gasteiger partial charge in [0.2, 0.25) is 0 Å². The number of nitrogens with one attached hydrogen (secondary N) is 1. The molecule has 0 amide bonds. The fourth-order valence-electron chi connectivity index (χ4n) is 3.38. The van der Waals surface area contributed by atoms with Gasteiger partial charge < -0.3 is 5.73 Å². The summed E-state index contributed by atoms with van der Waals surface area (Å²) in [5.74, 6) is 1.10. The van der Waals surface area contributed by atoms with Crippen molar-refractivity contribution < 1.29 is 0 Å². The minimum Gasteiger partial charge on any atom is -0.388 e. The summed E-state index contributed by atoms with van der Waals surface area (Å²) in [5, 5.41) is 6.28. The monoisotopic (exact) mass is 452 g/mol. The Morgan fingerprint density at radius 3 is 2.45 bits per heavy atom. The van der Waals surface area contributed by atoms with Gasteiger partial charge in [0, 0.05) is 38.1 Å². The highest BCUT2D eigenvalue weighted by atomic mass is 32.1. The Labute approximate surface area is 199 Å². The van der Waals surface area contributed by atoms with Crippen molar-refractivity contribution in [3.05, 3.63) is 99.2 Å². The number of hydrogen-bond donors (Lipinski definition) is 2. The van der Waals surface area contributed by atoms with Gasteiger partial charge in [0.15, 0.2) is 5.82 Å². The zero-order valence-corrected chi connectivity index (χ0v) is 20.0. The van der Waals surface area contributed by atoms with Gasteiger partial charge >= 0.3 is 0 Å². The first-order valence-electron chi connectivity index (χ1n) is 10.7. The van der Waals surface area contributed by atoms with E-state index >= 15 is 0 Å². The summed E-state index contributed by atoms with van der Waals surface area (Å²) < 4.78 is 0. The second kappa shape index (κ2) is 11.2. The molecule has 2 aromatic heterocycles. The number of nitrogens with zero attached hydrogens (tertiary/aromatic N) is 2. The number of aryl methyl sites for hydroxylation is 1. The van der Waals surface area contributed by atoms with Crippen molar-refractivity contribution in [1.82, 2.24) is 9.97 Å². The van der Waals surface area contributed by atoms with Crippen molar-refractivity contribution in [1.29, 1.82) is 5.41 Å². The lowest BCUT2D eigenvalue weighted by atomic mass is 10.0. The van der Waals surface area contributed by atoms with Crippen LogP contribution in [0.4, 0.5) is 0 Å². The standard InChI is InChI=1S/C23H16N2S.C3H6.C2H6N2/c1-15-14-20(25-23(24-15)17-6-3-2-4-7-17)16-10-12-19-18-8-5-9-21(18)26-22(19)13-11-16;1-3-2;1-2(3)4/h2-4,6-14,16H,1H3;3H,1H2,2H3;1H3,(H3,3,4). The van der Waals surface area contributed by atoms with Crippen LogP contribution in [0.5, 0.6) is 0 Å². The van der Waals surface area contributed by atoms with Gasteiger partial charge in [-0.15, -0.1) is 23.6 Å². The lowest BCUT2D eigenvalue weighted by Crippen LogP contribution is -2.01. The van der Waals surface area contributed by atoms with E-state index in [4.69, 9.17) is 16.1 Å². The lowest BCUT2D eigenvalue weighted by Gasteiger charge is -2.10. The average Bonchev–Trinajstić information content (AvgIpc) is 3.30. The highest BCUT2D eigenvalue weighted by molar-refractivity contribution is 7.14. The summed E-state index contributed by atoms with van der Waals surface area (Å²) in [6, 6.07) is 12.2. The normalized spacial score (nSPS) is 14.2. The van der Waals surface area contributed by atoms with E-state index in [2.05, 4.69) is 71.9 Å². The molecule has 0 saturated heterocycles. The summed E-state index contributed by atoms with van der Waals surface area (Å²) in [4.78, 5) is 12.1. The van der Waals surface area contributed by atoms with Crippen molar-refractivity contribution in [2.45, 2.75) is 26.7 Å². The van der Waals surface area contributed by atoms with Crippen LogP contribution in [-0.2, 0) is 0 Å². The van der Waals surface area contributed by atoms with Crippen molar-refractivity contribution in [2.24, 2.45) is 5.73 Å². The lowest BCUT2D eigenvalue weighted by molar-refractivity contribution is 0.960. The van der Waals surface area contributed by atoms with Gasteiger partial charge in [-0.25, -0.2) is 9.97 Å². The first-order valence-corrected chi connectivity index (χ1v) is 11.5. The summed E-state index contributed by atoms with van der Waals surface area (Å²) in [7, 11) is 0. The van der Waals surface area contributed by atoms with Crippen LogP contribution in [0.3, 0.4) is 0 Å². The van der Waals surface area contributed by atoms with E-state index in [1.807, 2.05) is 43.4 Å². The molecule has 2 heterocycles. The van der Waals surface area contributed by atoms with E-state index in [0.717, 1.165) is 22.8 Å². The Morgan fingerprint density at radius 2 is 1.76 bits per heavy atom. The van der Waals surface area contributed by atoms with E-state index in [1.54, 1.807) is 6.08 Å². The molecule has 0 saturated carbocycles. The highest BCUT2D eigenvalue weighted by Crippen LogP contribution is 2.38. The fourth-order valence-corrected chi connectivity index (χ4v) is 4.46. The number of thiophene rings is 1. The van der Waals surface area contributed by atoms with Crippen molar-refractivity contribution in [3.63, 3.8) is 0 Å². The molecule has 1 unspecified atom stereocenters. The minimum atomic E-state index is 0.146. The van der Waals surface area contributed by atoms with Crippen LogP contribution in [0.25, 0.3) is 35.7 Å². The number of fused-ring (bicyclic) bond motifs is 3. The third kappa shape index (κ3) is 6.13. The SMILES string of the molecule is C=CC.CC(=N)N.Cc1cc(C2C=Cc3sc4c(c3C=C2)C=C=C4)nc(-c2ccccc2)n1. The molecule has 166 valence electrons. The van der Waals surface area contributed by atoms with Gasteiger partial charge in [0.1, 0.15) is 0 Å². The zero-order valence-electron chi connectivity index (χ0n) is 19.2.